The Kier molecular flexibility index (Phi) is 6.36. The average molecular weight is 453 g/mol. The van der Waals surface area contributed by atoms with Gasteiger partial charge in [-0.15, -0.1) is 0 Å². The Balaban J connectivity index is 1.51. The zero-order valence-corrected chi connectivity index (χ0v) is 19.1. The number of nitrogens with one attached hydrogen (secondary N) is 1. The second kappa shape index (κ2) is 9.54. The molecule has 0 saturated heterocycles. The van der Waals surface area contributed by atoms with E-state index in [0.717, 1.165) is 39.3 Å². The summed E-state index contributed by atoms with van der Waals surface area (Å²) in [5, 5.41) is 15.0. The van der Waals surface area contributed by atoms with Crippen molar-refractivity contribution in [2.24, 2.45) is 5.10 Å². The van der Waals surface area contributed by atoms with Gasteiger partial charge in [-0.2, -0.15) is 5.10 Å². The van der Waals surface area contributed by atoms with Crippen LogP contribution in [-0.2, 0) is 0 Å². The number of amides is 1. The van der Waals surface area contributed by atoms with E-state index in [1.54, 1.807) is 24.4 Å². The first-order chi connectivity index (χ1) is 16.3. The zero-order valence-electron chi connectivity index (χ0n) is 19.1. The van der Waals surface area contributed by atoms with Crippen LogP contribution in [0.3, 0.4) is 0 Å². The molecule has 34 heavy (non-hydrogen) atoms. The van der Waals surface area contributed by atoms with Gasteiger partial charge in [0, 0.05) is 40.3 Å². The molecule has 1 N–H and O–H groups in total. The number of nitro groups is 1. The molecule has 0 saturated carbocycles. The highest BCUT2D eigenvalue weighted by Gasteiger charge is 2.11. The van der Waals surface area contributed by atoms with Crippen LogP contribution in [0.25, 0.3) is 16.8 Å². The number of nitro benzene ring substituents is 1. The molecule has 1 amide bonds. The van der Waals surface area contributed by atoms with E-state index in [9.17, 15) is 14.9 Å². The minimum Gasteiger partial charge on any atom is -0.318 e. The first kappa shape index (κ1) is 22.7. The van der Waals surface area contributed by atoms with Gasteiger partial charge in [-0.3, -0.25) is 14.9 Å². The summed E-state index contributed by atoms with van der Waals surface area (Å²) in [5.74, 6) is -0.254. The predicted molar refractivity (Wildman–Crippen MR) is 134 cm³/mol. The smallest absolute Gasteiger partial charge is 0.271 e. The molecule has 0 aliphatic carbocycles. The molecule has 1 aromatic heterocycles. The van der Waals surface area contributed by atoms with Gasteiger partial charge in [0.2, 0.25) is 0 Å². The van der Waals surface area contributed by atoms with Crippen LogP contribution in [0.2, 0.25) is 0 Å². The summed E-state index contributed by atoms with van der Waals surface area (Å²) in [7, 11) is 0. The van der Waals surface area contributed by atoms with Crippen LogP contribution in [-0.4, -0.2) is 21.6 Å². The third kappa shape index (κ3) is 4.78. The lowest BCUT2D eigenvalue weighted by atomic mass is 10.0. The normalized spacial score (nSPS) is 11.0. The highest BCUT2D eigenvalue weighted by atomic mass is 16.6. The molecule has 1 heterocycles. The van der Waals surface area contributed by atoms with Crippen LogP contribution in [0, 0.1) is 30.9 Å². The minimum atomic E-state index is -0.403. The van der Waals surface area contributed by atoms with Crippen molar-refractivity contribution in [3.05, 3.63) is 117 Å². The Morgan fingerprint density at radius 1 is 0.941 bits per heavy atom. The highest BCUT2D eigenvalue weighted by molar-refractivity contribution is 5.95. The quantitative estimate of drug-likeness (QED) is 0.230. The molecule has 0 fully saturated rings. The lowest BCUT2D eigenvalue weighted by molar-refractivity contribution is -0.384. The first-order valence-electron chi connectivity index (χ1n) is 10.8. The second-order valence-electron chi connectivity index (χ2n) is 8.08. The van der Waals surface area contributed by atoms with Gasteiger partial charge in [-0.25, -0.2) is 5.43 Å². The van der Waals surface area contributed by atoms with Gasteiger partial charge < -0.3 is 4.57 Å². The molecule has 0 atom stereocenters. The number of nitrogens with zero attached hydrogens (tertiary/aromatic N) is 3. The van der Waals surface area contributed by atoms with Crippen LogP contribution < -0.4 is 5.43 Å². The number of carbonyl (C=O) groups excluding carboxylic acids is 1. The molecule has 0 aliphatic heterocycles. The van der Waals surface area contributed by atoms with Crippen molar-refractivity contribution < 1.29 is 9.72 Å². The molecule has 3 aromatic carbocycles. The van der Waals surface area contributed by atoms with Crippen LogP contribution in [0.5, 0.6) is 0 Å². The van der Waals surface area contributed by atoms with Crippen LogP contribution >= 0.6 is 0 Å². The Morgan fingerprint density at radius 2 is 1.59 bits per heavy atom. The molecule has 0 bridgehead atoms. The number of benzene rings is 3. The van der Waals surface area contributed by atoms with Gasteiger partial charge in [0.1, 0.15) is 0 Å². The van der Waals surface area contributed by atoms with E-state index in [1.165, 1.54) is 12.1 Å². The Labute approximate surface area is 197 Å². The van der Waals surface area contributed by atoms with Crippen molar-refractivity contribution in [1.82, 2.24) is 9.99 Å². The van der Waals surface area contributed by atoms with Crippen molar-refractivity contribution >= 4 is 17.8 Å². The number of hydrogen-bond donors (Lipinski definition) is 1. The highest BCUT2D eigenvalue weighted by Crippen LogP contribution is 2.25. The molecule has 4 rings (SSSR count). The molecular weight excluding hydrogens is 428 g/mol. The van der Waals surface area contributed by atoms with Gasteiger partial charge >= 0.3 is 0 Å². The number of carbonyl (C=O) groups is 1. The van der Waals surface area contributed by atoms with Crippen molar-refractivity contribution in [1.29, 1.82) is 0 Å². The van der Waals surface area contributed by atoms with Crippen molar-refractivity contribution in [3.8, 4) is 16.8 Å². The standard InChI is InChI=1S/C27H24N4O3/c1-18-5-4-6-23(15-18)27(32)29-28-17-24-16-19(2)30(20(24)3)25-11-7-21(8-12-25)22-9-13-26(14-10-22)31(33)34/h4-17H,1-3H3,(H,29,32)/b28-17-. The Bertz CT molecular complexity index is 1380. The van der Waals surface area contributed by atoms with Gasteiger partial charge in [0.05, 0.1) is 11.1 Å². The fourth-order valence-corrected chi connectivity index (χ4v) is 3.91. The maximum atomic E-state index is 12.3. The van der Waals surface area contributed by atoms with Gasteiger partial charge in [-0.05, 0) is 74.4 Å². The largest absolute Gasteiger partial charge is 0.318 e. The lowest BCUT2D eigenvalue weighted by Crippen LogP contribution is -2.17. The van der Waals surface area contributed by atoms with E-state index in [-0.39, 0.29) is 11.6 Å². The molecule has 170 valence electrons. The zero-order chi connectivity index (χ0) is 24.2. The fraction of sp³-hybridized carbons (Fsp3) is 0.111. The summed E-state index contributed by atoms with van der Waals surface area (Å²) in [6, 6.07) is 23.9. The summed E-state index contributed by atoms with van der Waals surface area (Å²) in [4.78, 5) is 22.8. The minimum absolute atomic E-state index is 0.0724. The molecule has 7 nitrogen and oxygen atoms in total. The predicted octanol–water partition coefficient (Wildman–Crippen LogP) is 5.74. The number of non-ortho nitro benzene ring substituents is 1. The Morgan fingerprint density at radius 3 is 2.21 bits per heavy atom. The number of aromatic nitrogens is 1. The van der Waals surface area contributed by atoms with Crippen LogP contribution in [0.4, 0.5) is 5.69 Å². The molecule has 7 heteroatoms. The number of hydrazone groups is 1. The summed E-state index contributed by atoms with van der Waals surface area (Å²) in [6.07, 6.45) is 1.65. The summed E-state index contributed by atoms with van der Waals surface area (Å²) in [6.45, 7) is 5.95. The van der Waals surface area contributed by atoms with Crippen molar-refractivity contribution in [2.45, 2.75) is 20.8 Å². The fourth-order valence-electron chi connectivity index (χ4n) is 3.91. The third-order valence-electron chi connectivity index (χ3n) is 5.66. The molecule has 0 radical (unpaired) electrons. The van der Waals surface area contributed by atoms with Crippen molar-refractivity contribution in [2.75, 3.05) is 0 Å². The van der Waals surface area contributed by atoms with E-state index in [2.05, 4.69) is 15.1 Å². The first-order valence-corrected chi connectivity index (χ1v) is 10.8. The summed E-state index contributed by atoms with van der Waals surface area (Å²) < 4.78 is 2.11. The number of rotatable bonds is 6. The number of hydrogen-bond acceptors (Lipinski definition) is 4. The summed E-state index contributed by atoms with van der Waals surface area (Å²) >= 11 is 0. The lowest BCUT2D eigenvalue weighted by Gasteiger charge is -2.11. The maximum absolute atomic E-state index is 12.3. The topological polar surface area (TPSA) is 89.5 Å². The van der Waals surface area contributed by atoms with E-state index < -0.39 is 4.92 Å². The van der Waals surface area contributed by atoms with E-state index >= 15 is 0 Å². The molecule has 0 aliphatic rings. The van der Waals surface area contributed by atoms with E-state index in [0.29, 0.717) is 5.56 Å². The summed E-state index contributed by atoms with van der Waals surface area (Å²) in [5.41, 5.74) is 10.0. The van der Waals surface area contributed by atoms with Crippen LogP contribution in [0.1, 0.15) is 32.9 Å². The SMILES string of the molecule is Cc1cccc(C(=O)N/N=C\c2cc(C)n(-c3ccc(-c4ccc([N+](=O)[O-])cc4)cc3)c2C)c1. The van der Waals surface area contributed by atoms with Gasteiger partial charge in [0.25, 0.3) is 11.6 Å². The number of aryl methyl sites for hydroxylation is 2. The van der Waals surface area contributed by atoms with Crippen molar-refractivity contribution in [3.63, 3.8) is 0 Å². The monoisotopic (exact) mass is 452 g/mol. The molecule has 0 unspecified atom stereocenters. The van der Waals surface area contributed by atoms with E-state index in [1.807, 2.05) is 69.3 Å². The molecule has 0 spiro atoms. The second-order valence-corrected chi connectivity index (χ2v) is 8.08. The van der Waals surface area contributed by atoms with Gasteiger partial charge in [0.15, 0.2) is 0 Å². The average Bonchev–Trinajstić information content (AvgIpc) is 3.12. The van der Waals surface area contributed by atoms with E-state index in [4.69, 9.17) is 0 Å². The molecular formula is C27H24N4O3. The Hall–Kier alpha value is -4.52. The van der Waals surface area contributed by atoms with Crippen LogP contribution in [0.15, 0.2) is 84.0 Å². The van der Waals surface area contributed by atoms with Gasteiger partial charge in [-0.1, -0.05) is 29.8 Å². The molecule has 4 aromatic rings. The third-order valence-corrected chi connectivity index (χ3v) is 5.66. The maximum Gasteiger partial charge on any atom is 0.271 e.